The number of halogens is 1. The van der Waals surface area contributed by atoms with Crippen LogP contribution in [0.1, 0.15) is 16.7 Å². The summed E-state index contributed by atoms with van der Waals surface area (Å²) in [4.78, 5) is 0. The first kappa shape index (κ1) is 17.0. The number of benzene rings is 3. The van der Waals surface area contributed by atoms with E-state index in [1.54, 1.807) is 0 Å². The van der Waals surface area contributed by atoms with E-state index in [-0.39, 0.29) is 0 Å². The quantitative estimate of drug-likeness (QED) is 0.611. The molecular formula is C21H20ClOP. The third-order valence-corrected chi connectivity index (χ3v) is 7.80. The van der Waals surface area contributed by atoms with Crippen LogP contribution in [-0.2, 0) is 4.57 Å². The summed E-state index contributed by atoms with van der Waals surface area (Å²) in [6.45, 7) is 6.04. The molecule has 0 saturated carbocycles. The third kappa shape index (κ3) is 3.07. The van der Waals surface area contributed by atoms with Crippen LogP contribution in [0.4, 0.5) is 0 Å². The van der Waals surface area contributed by atoms with Crippen LogP contribution < -0.4 is 15.9 Å². The fraction of sp³-hybridized carbons (Fsp3) is 0.143. The molecule has 0 saturated heterocycles. The van der Waals surface area contributed by atoms with Crippen LogP contribution in [0, 0.1) is 20.8 Å². The van der Waals surface area contributed by atoms with Crippen molar-refractivity contribution in [3.63, 3.8) is 0 Å². The van der Waals surface area contributed by atoms with Crippen LogP contribution >= 0.6 is 18.7 Å². The van der Waals surface area contributed by atoms with Gasteiger partial charge in [0.05, 0.1) is 5.02 Å². The van der Waals surface area contributed by atoms with Gasteiger partial charge in [0.15, 0.2) is 7.14 Å². The molecule has 3 rings (SSSR count). The minimum absolute atomic E-state index is 0.555. The van der Waals surface area contributed by atoms with Crippen molar-refractivity contribution < 1.29 is 4.57 Å². The van der Waals surface area contributed by atoms with E-state index in [9.17, 15) is 4.57 Å². The lowest BCUT2D eigenvalue weighted by atomic mass is 10.2. The highest BCUT2D eigenvalue weighted by Crippen LogP contribution is 2.44. The summed E-state index contributed by atoms with van der Waals surface area (Å²) in [6.07, 6.45) is 0. The van der Waals surface area contributed by atoms with Crippen molar-refractivity contribution in [1.29, 1.82) is 0 Å². The van der Waals surface area contributed by atoms with Crippen LogP contribution in [0.5, 0.6) is 0 Å². The van der Waals surface area contributed by atoms with Gasteiger partial charge in [-0.1, -0.05) is 77.3 Å². The molecule has 0 atom stereocenters. The summed E-state index contributed by atoms with van der Waals surface area (Å²) in [5.74, 6) is 0. The number of rotatable bonds is 3. The molecule has 0 spiro atoms. The molecule has 122 valence electrons. The largest absolute Gasteiger partial charge is 0.309 e. The van der Waals surface area contributed by atoms with Gasteiger partial charge in [-0.15, -0.1) is 0 Å². The average Bonchev–Trinajstić information content (AvgIpc) is 2.55. The lowest BCUT2D eigenvalue weighted by Crippen LogP contribution is -2.26. The molecule has 1 nitrogen and oxygen atoms in total. The smallest absolute Gasteiger partial charge is 0.172 e. The van der Waals surface area contributed by atoms with Crippen LogP contribution in [0.2, 0.25) is 5.02 Å². The first-order valence-corrected chi connectivity index (χ1v) is 10.0. The third-order valence-electron chi connectivity index (χ3n) is 4.24. The zero-order chi connectivity index (χ0) is 17.3. The van der Waals surface area contributed by atoms with Crippen molar-refractivity contribution in [3.05, 3.63) is 88.4 Å². The maximum absolute atomic E-state index is 14.3. The second-order valence-corrected chi connectivity index (χ2v) is 9.38. The van der Waals surface area contributed by atoms with E-state index in [4.69, 9.17) is 11.6 Å². The van der Waals surface area contributed by atoms with Crippen LogP contribution in [0.3, 0.4) is 0 Å². The maximum Gasteiger partial charge on any atom is 0.172 e. The van der Waals surface area contributed by atoms with Gasteiger partial charge in [0.1, 0.15) is 0 Å². The van der Waals surface area contributed by atoms with Crippen LogP contribution in [0.25, 0.3) is 0 Å². The van der Waals surface area contributed by atoms with Gasteiger partial charge in [0.2, 0.25) is 0 Å². The van der Waals surface area contributed by atoms with Gasteiger partial charge < -0.3 is 4.57 Å². The monoisotopic (exact) mass is 354 g/mol. The lowest BCUT2D eigenvalue weighted by molar-refractivity contribution is 0.592. The van der Waals surface area contributed by atoms with Crippen molar-refractivity contribution in [2.45, 2.75) is 20.8 Å². The minimum Gasteiger partial charge on any atom is -0.309 e. The van der Waals surface area contributed by atoms with E-state index in [1.807, 2.05) is 87.5 Å². The van der Waals surface area contributed by atoms with Gasteiger partial charge in [0.25, 0.3) is 0 Å². The SMILES string of the molecule is Cc1ccc(P(=O)(c2ccc(C)cc2)c2ccc(C)cc2Cl)cc1. The number of hydrogen-bond donors (Lipinski definition) is 0. The summed E-state index contributed by atoms with van der Waals surface area (Å²) in [5.41, 5.74) is 3.34. The molecule has 0 fully saturated rings. The lowest BCUT2D eigenvalue weighted by Gasteiger charge is -2.21. The van der Waals surface area contributed by atoms with Gasteiger partial charge >= 0.3 is 0 Å². The molecular weight excluding hydrogens is 335 g/mol. The molecule has 0 aromatic heterocycles. The van der Waals surface area contributed by atoms with Crippen molar-refractivity contribution in [2.24, 2.45) is 0 Å². The van der Waals surface area contributed by atoms with E-state index in [2.05, 4.69) is 0 Å². The zero-order valence-corrected chi connectivity index (χ0v) is 15.7. The second kappa shape index (κ2) is 6.59. The number of hydrogen-bond acceptors (Lipinski definition) is 1. The normalized spacial score (nSPS) is 11.5. The highest BCUT2D eigenvalue weighted by atomic mass is 35.5. The Kier molecular flexibility index (Phi) is 4.67. The molecule has 3 aromatic rings. The molecule has 0 radical (unpaired) electrons. The highest BCUT2D eigenvalue weighted by molar-refractivity contribution is 7.85. The van der Waals surface area contributed by atoms with Gasteiger partial charge in [-0.2, -0.15) is 0 Å². The van der Waals surface area contributed by atoms with Gasteiger partial charge in [0, 0.05) is 15.9 Å². The van der Waals surface area contributed by atoms with Crippen molar-refractivity contribution >= 4 is 34.7 Å². The Morgan fingerprint density at radius 2 is 1.08 bits per heavy atom. The fourth-order valence-electron chi connectivity index (χ4n) is 2.80. The first-order chi connectivity index (χ1) is 11.4. The molecule has 0 aliphatic carbocycles. The number of aryl methyl sites for hydroxylation is 3. The summed E-state index contributed by atoms with van der Waals surface area (Å²) in [6, 6.07) is 21.5. The highest BCUT2D eigenvalue weighted by Gasteiger charge is 2.31. The fourth-order valence-corrected chi connectivity index (χ4v) is 6.04. The minimum atomic E-state index is -3.01. The van der Waals surface area contributed by atoms with E-state index in [0.29, 0.717) is 10.3 Å². The Labute approximate surface area is 148 Å². The standard InChI is InChI=1S/C21H20ClOP/c1-15-4-9-18(10-5-15)24(23,19-11-6-16(2)7-12-19)21-13-8-17(3)14-20(21)22/h4-14H,1-3H3. The van der Waals surface area contributed by atoms with E-state index >= 15 is 0 Å². The summed E-state index contributed by atoms with van der Waals surface area (Å²) >= 11 is 6.50. The molecule has 0 heterocycles. The predicted octanol–water partition coefficient (Wildman–Crippen LogP) is 4.90. The van der Waals surface area contributed by atoms with Crippen LogP contribution in [-0.4, -0.2) is 0 Å². The average molecular weight is 355 g/mol. The van der Waals surface area contributed by atoms with Crippen molar-refractivity contribution in [1.82, 2.24) is 0 Å². The van der Waals surface area contributed by atoms with Crippen molar-refractivity contribution in [3.8, 4) is 0 Å². The Morgan fingerprint density at radius 3 is 1.50 bits per heavy atom. The van der Waals surface area contributed by atoms with Gasteiger partial charge in [-0.05, 0) is 38.5 Å². The van der Waals surface area contributed by atoms with Crippen molar-refractivity contribution in [2.75, 3.05) is 0 Å². The summed E-state index contributed by atoms with van der Waals surface area (Å²) in [5, 5.41) is 2.87. The second-order valence-electron chi connectivity index (χ2n) is 6.24. The summed E-state index contributed by atoms with van der Waals surface area (Å²) in [7, 11) is -3.01. The Bertz CT molecular complexity index is 862. The molecule has 3 heteroatoms. The Hall–Kier alpha value is -1.82. The van der Waals surface area contributed by atoms with E-state index in [0.717, 1.165) is 27.3 Å². The van der Waals surface area contributed by atoms with Crippen LogP contribution in [0.15, 0.2) is 66.7 Å². The zero-order valence-electron chi connectivity index (χ0n) is 14.1. The van der Waals surface area contributed by atoms with E-state index in [1.165, 1.54) is 0 Å². The molecule has 0 unspecified atom stereocenters. The Balaban J connectivity index is 2.30. The predicted molar refractivity (Wildman–Crippen MR) is 105 cm³/mol. The summed E-state index contributed by atoms with van der Waals surface area (Å²) < 4.78 is 14.3. The Morgan fingerprint density at radius 1 is 0.667 bits per heavy atom. The first-order valence-electron chi connectivity index (χ1n) is 7.92. The van der Waals surface area contributed by atoms with Gasteiger partial charge in [-0.3, -0.25) is 0 Å². The topological polar surface area (TPSA) is 17.1 Å². The maximum atomic E-state index is 14.3. The molecule has 0 bridgehead atoms. The van der Waals surface area contributed by atoms with Gasteiger partial charge in [-0.25, -0.2) is 0 Å². The molecule has 0 N–H and O–H groups in total. The molecule has 3 aromatic carbocycles. The molecule has 0 aliphatic rings. The molecule has 24 heavy (non-hydrogen) atoms. The molecule has 0 aliphatic heterocycles. The van der Waals surface area contributed by atoms with E-state index < -0.39 is 7.14 Å². The molecule has 0 amide bonds.